The first-order valence-electron chi connectivity index (χ1n) is 13.7. The Kier molecular flexibility index (Phi) is 6.68. The number of nitriles is 1. The summed E-state index contributed by atoms with van der Waals surface area (Å²) in [5, 5.41) is 13.6. The second-order valence-corrected chi connectivity index (χ2v) is 14.3. The molecule has 0 fully saturated rings. The molecule has 2 aromatic heterocycles. The Morgan fingerprint density at radius 1 is 0.897 bits per heavy atom. The van der Waals surface area contributed by atoms with Crippen molar-refractivity contribution in [3.63, 3.8) is 0 Å². The van der Waals surface area contributed by atoms with Gasteiger partial charge >= 0.3 is 0 Å². The summed E-state index contributed by atoms with van der Waals surface area (Å²) < 4.78 is 1.09. The lowest BCUT2D eigenvalue weighted by atomic mass is 9.82. The molecule has 0 spiro atoms. The molecule has 0 aliphatic carbocycles. The third-order valence-electron chi connectivity index (χ3n) is 7.57. The maximum Gasteiger partial charge on any atom is 0.101 e. The molecule has 0 aliphatic heterocycles. The first kappa shape index (κ1) is 27.1. The van der Waals surface area contributed by atoms with Gasteiger partial charge in [0.2, 0.25) is 0 Å². The highest BCUT2D eigenvalue weighted by atomic mass is 32.1. The third kappa shape index (κ3) is 4.99. The molecular formula is C36H38N2S. The molecule has 0 radical (unpaired) electrons. The third-order valence-corrected chi connectivity index (χ3v) is 8.89. The Morgan fingerprint density at radius 2 is 1.56 bits per heavy atom. The number of aromatic nitrogens is 1. The van der Waals surface area contributed by atoms with Gasteiger partial charge in [-0.25, -0.2) is 0 Å². The van der Waals surface area contributed by atoms with Gasteiger partial charge in [-0.15, -0.1) is 11.3 Å². The SMILES string of the molecule is Cc1cc(CC(C)(C)C)cc(C)c1-c1sc2c(-c3cc(C(C)(C)C)c4ccccc4c3)ncc(C#N)c2c1C. The monoisotopic (exact) mass is 530 g/mol. The van der Waals surface area contributed by atoms with Crippen LogP contribution in [0.25, 0.3) is 42.6 Å². The predicted molar refractivity (Wildman–Crippen MR) is 169 cm³/mol. The zero-order chi connectivity index (χ0) is 28.3. The molecule has 3 aromatic carbocycles. The highest BCUT2D eigenvalue weighted by Crippen LogP contribution is 2.46. The number of hydrogen-bond acceptors (Lipinski definition) is 3. The van der Waals surface area contributed by atoms with Gasteiger partial charge in [0.05, 0.1) is 16.0 Å². The average Bonchev–Trinajstić information content (AvgIpc) is 3.17. The van der Waals surface area contributed by atoms with Crippen LogP contribution in [0.2, 0.25) is 0 Å². The highest BCUT2D eigenvalue weighted by molar-refractivity contribution is 7.23. The van der Waals surface area contributed by atoms with E-state index in [1.807, 2.05) is 0 Å². The van der Waals surface area contributed by atoms with E-state index in [4.69, 9.17) is 4.98 Å². The van der Waals surface area contributed by atoms with Gasteiger partial charge in [-0.1, -0.05) is 77.9 Å². The number of aryl methyl sites for hydroxylation is 3. The van der Waals surface area contributed by atoms with Crippen molar-refractivity contribution in [2.24, 2.45) is 5.41 Å². The molecule has 0 saturated heterocycles. The molecule has 39 heavy (non-hydrogen) atoms. The molecule has 5 aromatic rings. The van der Waals surface area contributed by atoms with Crippen LogP contribution < -0.4 is 0 Å². The van der Waals surface area contributed by atoms with Crippen molar-refractivity contribution in [2.75, 3.05) is 0 Å². The molecule has 0 aliphatic rings. The van der Waals surface area contributed by atoms with Crippen LogP contribution in [0.15, 0.2) is 54.7 Å². The Hall–Kier alpha value is -3.48. The molecule has 0 amide bonds. The lowest BCUT2D eigenvalue weighted by Crippen LogP contribution is -2.12. The molecule has 198 valence electrons. The maximum absolute atomic E-state index is 10.1. The standard InChI is InChI=1S/C36H38N2S/c1-21-14-24(18-35(4,5)6)15-22(2)30(21)33-23(3)31-27(19-37)20-38-32(34(31)39-33)26-16-25-12-10-11-13-28(25)29(17-26)36(7,8)9/h10-17,20H,18H2,1-9H3. The molecule has 0 atom stereocenters. The molecule has 3 heteroatoms. The van der Waals surface area contributed by atoms with Gasteiger partial charge in [-0.2, -0.15) is 5.26 Å². The molecule has 0 bridgehead atoms. The first-order valence-corrected chi connectivity index (χ1v) is 14.6. The smallest absolute Gasteiger partial charge is 0.101 e. The summed E-state index contributed by atoms with van der Waals surface area (Å²) in [5.74, 6) is 0. The number of fused-ring (bicyclic) bond motifs is 2. The lowest BCUT2D eigenvalue weighted by Gasteiger charge is -2.22. The van der Waals surface area contributed by atoms with E-state index in [0.29, 0.717) is 5.56 Å². The molecule has 2 nitrogen and oxygen atoms in total. The number of benzene rings is 3. The minimum atomic E-state index is -0.0130. The zero-order valence-electron chi connectivity index (χ0n) is 24.7. The van der Waals surface area contributed by atoms with Gasteiger partial charge < -0.3 is 0 Å². The van der Waals surface area contributed by atoms with Crippen molar-refractivity contribution in [1.29, 1.82) is 5.26 Å². The fraction of sp³-hybridized carbons (Fsp3) is 0.333. The van der Waals surface area contributed by atoms with Crippen LogP contribution in [-0.4, -0.2) is 4.98 Å². The molecule has 2 heterocycles. The fourth-order valence-electron chi connectivity index (χ4n) is 5.98. The van der Waals surface area contributed by atoms with Crippen molar-refractivity contribution >= 4 is 32.2 Å². The zero-order valence-corrected chi connectivity index (χ0v) is 25.5. The largest absolute Gasteiger partial charge is 0.253 e. The van der Waals surface area contributed by atoms with Gasteiger partial charge in [0.15, 0.2) is 0 Å². The number of pyridine rings is 1. The molecule has 0 unspecified atom stereocenters. The van der Waals surface area contributed by atoms with Gasteiger partial charge in [-0.3, -0.25) is 4.98 Å². The van der Waals surface area contributed by atoms with E-state index in [1.165, 1.54) is 49.0 Å². The van der Waals surface area contributed by atoms with E-state index in [0.717, 1.165) is 27.8 Å². The normalized spacial score (nSPS) is 12.3. The average molecular weight is 531 g/mol. The minimum Gasteiger partial charge on any atom is -0.253 e. The number of nitrogens with zero attached hydrogens (tertiary/aromatic N) is 2. The van der Waals surface area contributed by atoms with Crippen LogP contribution in [0.1, 0.15) is 74.9 Å². The fourth-order valence-corrected chi connectivity index (χ4v) is 7.50. The molecule has 5 rings (SSSR count). The number of thiophene rings is 1. The molecule has 0 saturated carbocycles. The van der Waals surface area contributed by atoms with Gasteiger partial charge in [-0.05, 0) is 94.3 Å². The molecular weight excluding hydrogens is 492 g/mol. The van der Waals surface area contributed by atoms with E-state index in [9.17, 15) is 5.26 Å². The van der Waals surface area contributed by atoms with Crippen molar-refractivity contribution in [3.05, 3.63) is 88.1 Å². The van der Waals surface area contributed by atoms with Crippen LogP contribution in [-0.2, 0) is 11.8 Å². The Balaban J connectivity index is 1.78. The lowest BCUT2D eigenvalue weighted by molar-refractivity contribution is 0.411. The second kappa shape index (κ2) is 9.61. The summed E-state index contributed by atoms with van der Waals surface area (Å²) in [5.41, 5.74) is 10.7. The van der Waals surface area contributed by atoms with E-state index in [1.54, 1.807) is 17.5 Å². The summed E-state index contributed by atoms with van der Waals surface area (Å²) in [6.07, 6.45) is 2.81. The van der Waals surface area contributed by atoms with E-state index in [2.05, 4.69) is 117 Å². The highest BCUT2D eigenvalue weighted by Gasteiger charge is 2.24. The maximum atomic E-state index is 10.1. The minimum absolute atomic E-state index is 0.0130. The van der Waals surface area contributed by atoms with Gasteiger partial charge in [0.1, 0.15) is 6.07 Å². The van der Waals surface area contributed by atoms with E-state index in [-0.39, 0.29) is 10.8 Å². The molecule has 0 N–H and O–H groups in total. The first-order chi connectivity index (χ1) is 18.3. The summed E-state index contributed by atoms with van der Waals surface area (Å²) >= 11 is 1.78. The van der Waals surface area contributed by atoms with Crippen LogP contribution in [0.4, 0.5) is 0 Å². The van der Waals surface area contributed by atoms with Crippen LogP contribution >= 0.6 is 11.3 Å². The summed E-state index contributed by atoms with van der Waals surface area (Å²) in [6.45, 7) is 20.3. The van der Waals surface area contributed by atoms with Crippen molar-refractivity contribution < 1.29 is 0 Å². The van der Waals surface area contributed by atoms with E-state index >= 15 is 0 Å². The summed E-state index contributed by atoms with van der Waals surface area (Å²) in [4.78, 5) is 6.15. The second-order valence-electron chi connectivity index (χ2n) is 13.2. The number of hydrogen-bond donors (Lipinski definition) is 0. The Bertz CT molecular complexity index is 1760. The summed E-state index contributed by atoms with van der Waals surface area (Å²) in [6, 6.07) is 20.3. The quantitative estimate of drug-likeness (QED) is 0.233. The van der Waals surface area contributed by atoms with Crippen LogP contribution in [0, 0.1) is 37.5 Å². The van der Waals surface area contributed by atoms with Crippen LogP contribution in [0.5, 0.6) is 0 Å². The van der Waals surface area contributed by atoms with Crippen molar-refractivity contribution in [1.82, 2.24) is 4.98 Å². The predicted octanol–water partition coefficient (Wildman–Crippen LogP) is 10.5. The Labute approximate surface area is 237 Å². The topological polar surface area (TPSA) is 36.7 Å². The summed E-state index contributed by atoms with van der Waals surface area (Å²) in [7, 11) is 0. The van der Waals surface area contributed by atoms with Gasteiger partial charge in [0.25, 0.3) is 0 Å². The van der Waals surface area contributed by atoms with Crippen LogP contribution in [0.3, 0.4) is 0 Å². The van der Waals surface area contributed by atoms with Gasteiger partial charge in [0, 0.05) is 22.0 Å². The van der Waals surface area contributed by atoms with E-state index < -0.39 is 0 Å². The van der Waals surface area contributed by atoms with Crippen molar-refractivity contribution in [3.8, 4) is 27.8 Å². The van der Waals surface area contributed by atoms with Crippen molar-refractivity contribution in [2.45, 2.75) is 74.1 Å². The Morgan fingerprint density at radius 3 is 2.18 bits per heavy atom. The number of rotatable bonds is 3.